The average Bonchev–Trinajstić information content (AvgIpc) is 3.05. The smallest absolute Gasteiger partial charge is 0.0786 e. The fourth-order valence-electron chi connectivity index (χ4n) is 2.68. The highest BCUT2D eigenvalue weighted by Crippen LogP contribution is 2.40. The second kappa shape index (κ2) is 4.73. The monoisotopic (exact) mass is 258 g/mol. The van der Waals surface area contributed by atoms with Crippen molar-refractivity contribution in [3.63, 3.8) is 0 Å². The Morgan fingerprint density at radius 2 is 2.50 bits per heavy atom. The maximum Gasteiger partial charge on any atom is 0.0786 e. The summed E-state index contributed by atoms with van der Waals surface area (Å²) in [7, 11) is 0. The van der Waals surface area contributed by atoms with E-state index in [1.807, 2.05) is 24.0 Å². The zero-order valence-electron chi connectivity index (χ0n) is 10.6. The van der Waals surface area contributed by atoms with Crippen molar-refractivity contribution >= 4 is 11.8 Å². The molecule has 1 aliphatic rings. The van der Waals surface area contributed by atoms with Crippen LogP contribution in [0, 0.1) is 0 Å². The van der Waals surface area contributed by atoms with Crippen molar-refractivity contribution in [2.45, 2.75) is 30.7 Å². The molecule has 2 aromatic rings. The topological polar surface area (TPSA) is 20.7 Å². The Hall–Kier alpha value is -1.35. The van der Waals surface area contributed by atoms with Gasteiger partial charge in [0.25, 0.3) is 0 Å². The van der Waals surface area contributed by atoms with E-state index in [0.717, 1.165) is 12.3 Å². The second-order valence-corrected chi connectivity index (χ2v) is 5.87. The van der Waals surface area contributed by atoms with Gasteiger partial charge in [0.1, 0.15) is 0 Å². The quantitative estimate of drug-likeness (QED) is 0.641. The van der Waals surface area contributed by atoms with Crippen LogP contribution in [0.1, 0.15) is 25.0 Å². The first-order valence-electron chi connectivity index (χ1n) is 6.42. The Bertz CT molecular complexity index is 551. The highest BCUT2D eigenvalue weighted by atomic mass is 32.2. The van der Waals surface area contributed by atoms with Crippen LogP contribution in [0.15, 0.2) is 41.9 Å². The first kappa shape index (κ1) is 11.7. The molecule has 2 aromatic heterocycles. The van der Waals surface area contributed by atoms with Gasteiger partial charge in [0.2, 0.25) is 0 Å². The van der Waals surface area contributed by atoms with Crippen LogP contribution >= 0.6 is 11.8 Å². The van der Waals surface area contributed by atoms with Gasteiger partial charge in [-0.05, 0) is 30.5 Å². The lowest BCUT2D eigenvalue weighted by molar-refractivity contribution is 0.702. The minimum absolute atomic E-state index is 0.678. The maximum absolute atomic E-state index is 3.81. The van der Waals surface area contributed by atoms with Crippen LogP contribution in [0.4, 0.5) is 0 Å². The van der Waals surface area contributed by atoms with Crippen molar-refractivity contribution in [3.8, 4) is 11.4 Å². The maximum atomic E-state index is 3.81. The predicted octanol–water partition coefficient (Wildman–Crippen LogP) is 4.27. The summed E-state index contributed by atoms with van der Waals surface area (Å²) in [6.07, 6.45) is 5.22. The largest absolute Gasteiger partial charge is 0.360 e. The van der Waals surface area contributed by atoms with E-state index >= 15 is 0 Å². The van der Waals surface area contributed by atoms with Crippen LogP contribution in [-0.2, 0) is 6.54 Å². The Labute approximate surface area is 112 Å². The zero-order chi connectivity index (χ0) is 12.5. The van der Waals surface area contributed by atoms with E-state index in [2.05, 4.69) is 41.3 Å². The van der Waals surface area contributed by atoms with Gasteiger partial charge in [0.15, 0.2) is 0 Å². The van der Waals surface area contributed by atoms with Gasteiger partial charge < -0.3 is 9.55 Å². The second-order valence-electron chi connectivity index (χ2n) is 4.81. The van der Waals surface area contributed by atoms with E-state index in [0.29, 0.717) is 5.92 Å². The van der Waals surface area contributed by atoms with Crippen LogP contribution in [0.25, 0.3) is 11.4 Å². The lowest BCUT2D eigenvalue weighted by atomic mass is 10.1. The van der Waals surface area contributed by atoms with Crippen LogP contribution < -0.4 is 0 Å². The van der Waals surface area contributed by atoms with Gasteiger partial charge in [-0.1, -0.05) is 13.0 Å². The van der Waals surface area contributed by atoms with Gasteiger partial charge in [-0.3, -0.25) is 0 Å². The average molecular weight is 258 g/mol. The van der Waals surface area contributed by atoms with Gasteiger partial charge in [-0.15, -0.1) is 18.3 Å². The molecule has 3 heteroatoms. The molecule has 0 aromatic carbocycles. The van der Waals surface area contributed by atoms with Crippen LogP contribution in [0.3, 0.4) is 0 Å². The van der Waals surface area contributed by atoms with Crippen molar-refractivity contribution < 1.29 is 0 Å². The number of hydrogen-bond donors (Lipinski definition) is 1. The summed E-state index contributed by atoms with van der Waals surface area (Å²) in [5.74, 6) is 1.64. The molecule has 0 amide bonds. The summed E-state index contributed by atoms with van der Waals surface area (Å²) in [6, 6.07) is 6.58. The fourth-order valence-corrected chi connectivity index (χ4v) is 3.54. The SMILES string of the molecule is C=CCSc1cc2n(c1-c1ccc[nH]1)CCC2C. The predicted molar refractivity (Wildman–Crippen MR) is 78.2 cm³/mol. The number of thioether (sulfide) groups is 1. The first-order chi connectivity index (χ1) is 8.81. The number of H-pyrrole nitrogens is 1. The van der Waals surface area contributed by atoms with E-state index in [-0.39, 0.29) is 0 Å². The third kappa shape index (κ3) is 1.83. The molecule has 94 valence electrons. The number of aromatic amines is 1. The molecule has 1 atom stereocenters. The molecule has 18 heavy (non-hydrogen) atoms. The Balaban J connectivity index is 2.09. The fraction of sp³-hybridized carbons (Fsp3) is 0.333. The minimum Gasteiger partial charge on any atom is -0.360 e. The molecule has 1 aliphatic heterocycles. The Morgan fingerprint density at radius 3 is 3.22 bits per heavy atom. The van der Waals surface area contributed by atoms with E-state index in [1.165, 1.54) is 28.4 Å². The molecule has 0 saturated carbocycles. The minimum atomic E-state index is 0.678. The van der Waals surface area contributed by atoms with Crippen molar-refractivity contribution in [2.75, 3.05) is 5.75 Å². The van der Waals surface area contributed by atoms with Crippen molar-refractivity contribution in [1.29, 1.82) is 0 Å². The van der Waals surface area contributed by atoms with Crippen molar-refractivity contribution in [1.82, 2.24) is 9.55 Å². The number of aromatic nitrogens is 2. The van der Waals surface area contributed by atoms with Crippen molar-refractivity contribution in [3.05, 3.63) is 42.7 Å². The molecule has 1 unspecified atom stereocenters. The van der Waals surface area contributed by atoms with Crippen LogP contribution in [0.2, 0.25) is 0 Å². The summed E-state index contributed by atoms with van der Waals surface area (Å²) in [5.41, 5.74) is 4.05. The summed E-state index contributed by atoms with van der Waals surface area (Å²) in [6.45, 7) is 7.27. The van der Waals surface area contributed by atoms with Gasteiger partial charge in [-0.2, -0.15) is 0 Å². The van der Waals surface area contributed by atoms with Gasteiger partial charge in [0.05, 0.1) is 11.4 Å². The third-order valence-corrected chi connectivity index (χ3v) is 4.62. The number of fused-ring (bicyclic) bond motifs is 1. The highest BCUT2D eigenvalue weighted by Gasteiger charge is 2.25. The number of hydrogen-bond acceptors (Lipinski definition) is 1. The lowest BCUT2D eigenvalue weighted by Crippen LogP contribution is -1.96. The Kier molecular flexibility index (Phi) is 3.08. The number of nitrogens with zero attached hydrogens (tertiary/aromatic N) is 1. The van der Waals surface area contributed by atoms with Crippen molar-refractivity contribution in [2.24, 2.45) is 0 Å². The van der Waals surface area contributed by atoms with E-state index in [9.17, 15) is 0 Å². The van der Waals surface area contributed by atoms with E-state index < -0.39 is 0 Å². The first-order valence-corrected chi connectivity index (χ1v) is 7.40. The molecule has 0 fully saturated rings. The van der Waals surface area contributed by atoms with Crippen LogP contribution in [0.5, 0.6) is 0 Å². The molecule has 0 bridgehead atoms. The molecule has 0 spiro atoms. The number of nitrogens with one attached hydrogen (secondary N) is 1. The standard InChI is InChI=1S/C15H18N2S/c1-3-9-18-14-10-13-11(2)6-8-17(13)15(14)12-5-4-7-16-12/h3-5,7,10-11,16H,1,6,8-9H2,2H3. The molecule has 1 N–H and O–H groups in total. The summed E-state index contributed by atoms with van der Waals surface area (Å²) in [4.78, 5) is 4.71. The molecule has 0 aliphatic carbocycles. The third-order valence-electron chi connectivity index (χ3n) is 3.59. The summed E-state index contributed by atoms with van der Waals surface area (Å²) in [5, 5.41) is 0. The van der Waals surface area contributed by atoms with Gasteiger partial charge >= 0.3 is 0 Å². The molecule has 0 radical (unpaired) electrons. The highest BCUT2D eigenvalue weighted by molar-refractivity contribution is 7.99. The van der Waals surface area contributed by atoms with E-state index in [4.69, 9.17) is 0 Å². The van der Waals surface area contributed by atoms with Gasteiger partial charge in [0, 0.05) is 29.1 Å². The zero-order valence-corrected chi connectivity index (χ0v) is 11.5. The van der Waals surface area contributed by atoms with Gasteiger partial charge in [-0.25, -0.2) is 0 Å². The normalized spacial score (nSPS) is 17.9. The summed E-state index contributed by atoms with van der Waals surface area (Å²) < 4.78 is 2.47. The summed E-state index contributed by atoms with van der Waals surface area (Å²) >= 11 is 1.87. The molecule has 0 saturated heterocycles. The van der Waals surface area contributed by atoms with Crippen LogP contribution in [-0.4, -0.2) is 15.3 Å². The molecule has 3 rings (SSSR count). The molecule has 2 nitrogen and oxygen atoms in total. The number of rotatable bonds is 4. The van der Waals surface area contributed by atoms with E-state index in [1.54, 1.807) is 0 Å². The molecule has 3 heterocycles. The Morgan fingerprint density at radius 1 is 1.61 bits per heavy atom. The molecular formula is C15H18N2S. The lowest BCUT2D eigenvalue weighted by Gasteiger charge is -2.07. The molecular weight excluding hydrogens is 240 g/mol.